The molecule has 152 valence electrons. The largest absolute Gasteiger partial charge is 0.358 e. The Kier molecular flexibility index (Phi) is 5.58. The molecule has 0 saturated carbocycles. The number of para-hydroxylation sites is 1. The first-order valence-electron chi connectivity index (χ1n) is 10.2. The van der Waals surface area contributed by atoms with Gasteiger partial charge in [0.2, 0.25) is 5.82 Å². The number of nitrogens with one attached hydrogen (secondary N) is 1. The Morgan fingerprint density at radius 2 is 1.69 bits per heavy atom. The van der Waals surface area contributed by atoms with Crippen molar-refractivity contribution in [2.24, 2.45) is 0 Å². The summed E-state index contributed by atoms with van der Waals surface area (Å²) in [6.45, 7) is 9.64. The SMILES string of the molecule is Cc1ccc([C@H](c2nnnn2C(C)C)[NH+]2CCN(c3ccccc3F)CC2)cc1. The molecule has 1 atom stereocenters. The molecule has 1 saturated heterocycles. The lowest BCUT2D eigenvalue weighted by molar-refractivity contribution is -0.927. The fraction of sp³-hybridized carbons (Fsp3) is 0.409. The Bertz CT molecular complexity index is 944. The van der Waals surface area contributed by atoms with Crippen LogP contribution in [0.5, 0.6) is 0 Å². The number of tetrazole rings is 1. The number of nitrogens with zero attached hydrogens (tertiary/aromatic N) is 5. The van der Waals surface area contributed by atoms with Crippen LogP contribution in [0, 0.1) is 12.7 Å². The Morgan fingerprint density at radius 3 is 2.34 bits per heavy atom. The first-order valence-corrected chi connectivity index (χ1v) is 10.2. The second-order valence-corrected chi connectivity index (χ2v) is 8.02. The van der Waals surface area contributed by atoms with Crippen molar-refractivity contribution in [3.05, 3.63) is 71.3 Å². The third kappa shape index (κ3) is 4.00. The van der Waals surface area contributed by atoms with Crippen LogP contribution in [0.4, 0.5) is 10.1 Å². The number of hydrogen-bond acceptors (Lipinski definition) is 4. The molecule has 0 aliphatic carbocycles. The van der Waals surface area contributed by atoms with Gasteiger partial charge in [0.05, 0.1) is 37.9 Å². The number of anilines is 1. The first-order chi connectivity index (χ1) is 14.0. The molecular weight excluding hydrogens is 367 g/mol. The summed E-state index contributed by atoms with van der Waals surface area (Å²) in [5.41, 5.74) is 3.13. The lowest BCUT2D eigenvalue weighted by Crippen LogP contribution is -3.15. The summed E-state index contributed by atoms with van der Waals surface area (Å²) < 4.78 is 16.1. The van der Waals surface area contributed by atoms with Crippen molar-refractivity contribution in [1.82, 2.24) is 20.2 Å². The number of hydrogen-bond donors (Lipinski definition) is 1. The number of benzene rings is 2. The third-order valence-corrected chi connectivity index (χ3v) is 5.68. The summed E-state index contributed by atoms with van der Waals surface area (Å²) in [4.78, 5) is 3.54. The first kappa shape index (κ1) is 19.5. The fourth-order valence-electron chi connectivity index (χ4n) is 4.12. The smallest absolute Gasteiger partial charge is 0.214 e. The Hall–Kier alpha value is -2.80. The molecule has 1 N–H and O–H groups in total. The van der Waals surface area contributed by atoms with Gasteiger partial charge in [0.25, 0.3) is 0 Å². The van der Waals surface area contributed by atoms with E-state index in [0.29, 0.717) is 5.69 Å². The monoisotopic (exact) mass is 395 g/mol. The van der Waals surface area contributed by atoms with Crippen molar-refractivity contribution in [3.8, 4) is 0 Å². The van der Waals surface area contributed by atoms with Crippen molar-refractivity contribution < 1.29 is 9.29 Å². The minimum absolute atomic E-state index is 0.0516. The molecule has 1 fully saturated rings. The van der Waals surface area contributed by atoms with Gasteiger partial charge < -0.3 is 9.80 Å². The van der Waals surface area contributed by atoms with Gasteiger partial charge >= 0.3 is 0 Å². The van der Waals surface area contributed by atoms with Gasteiger partial charge in [0.1, 0.15) is 5.82 Å². The molecule has 2 heterocycles. The van der Waals surface area contributed by atoms with Crippen LogP contribution in [0.2, 0.25) is 0 Å². The molecule has 1 aromatic heterocycles. The third-order valence-electron chi connectivity index (χ3n) is 5.68. The van der Waals surface area contributed by atoms with Gasteiger partial charge in [-0.15, -0.1) is 5.10 Å². The minimum atomic E-state index is -0.158. The molecule has 0 unspecified atom stereocenters. The number of piperazine rings is 1. The summed E-state index contributed by atoms with van der Waals surface area (Å²) in [6, 6.07) is 15.9. The summed E-state index contributed by atoms with van der Waals surface area (Å²) >= 11 is 0. The van der Waals surface area contributed by atoms with E-state index in [-0.39, 0.29) is 17.9 Å². The van der Waals surface area contributed by atoms with Crippen molar-refractivity contribution in [1.29, 1.82) is 0 Å². The zero-order valence-corrected chi connectivity index (χ0v) is 17.2. The number of rotatable bonds is 5. The zero-order chi connectivity index (χ0) is 20.4. The number of quaternary nitrogens is 1. The van der Waals surface area contributed by atoms with Crippen LogP contribution < -0.4 is 9.80 Å². The molecule has 1 aliphatic rings. The van der Waals surface area contributed by atoms with Crippen LogP contribution in [0.25, 0.3) is 0 Å². The maximum Gasteiger partial charge on any atom is 0.214 e. The number of aryl methyl sites for hydroxylation is 1. The minimum Gasteiger partial charge on any atom is -0.358 e. The van der Waals surface area contributed by atoms with Crippen LogP contribution in [0.15, 0.2) is 48.5 Å². The highest BCUT2D eigenvalue weighted by atomic mass is 19.1. The van der Waals surface area contributed by atoms with Crippen LogP contribution in [-0.2, 0) is 0 Å². The van der Waals surface area contributed by atoms with Crippen LogP contribution >= 0.6 is 0 Å². The molecule has 2 aromatic carbocycles. The molecule has 29 heavy (non-hydrogen) atoms. The van der Waals surface area contributed by atoms with E-state index in [4.69, 9.17) is 0 Å². The van der Waals surface area contributed by atoms with Gasteiger partial charge in [-0.2, -0.15) is 0 Å². The average molecular weight is 396 g/mol. The van der Waals surface area contributed by atoms with Crippen molar-refractivity contribution in [2.45, 2.75) is 32.9 Å². The van der Waals surface area contributed by atoms with E-state index < -0.39 is 0 Å². The maximum atomic E-state index is 14.2. The van der Waals surface area contributed by atoms with Gasteiger partial charge in [-0.05, 0) is 43.3 Å². The molecule has 7 heteroatoms. The molecule has 0 bridgehead atoms. The van der Waals surface area contributed by atoms with Gasteiger partial charge in [-0.3, -0.25) is 0 Å². The number of aromatic nitrogens is 4. The van der Waals surface area contributed by atoms with E-state index in [2.05, 4.69) is 65.5 Å². The van der Waals surface area contributed by atoms with Crippen molar-refractivity contribution in [3.63, 3.8) is 0 Å². The topological polar surface area (TPSA) is 51.3 Å². The van der Waals surface area contributed by atoms with E-state index in [9.17, 15) is 4.39 Å². The summed E-state index contributed by atoms with van der Waals surface area (Å²) in [5, 5.41) is 12.6. The molecule has 0 radical (unpaired) electrons. The molecule has 4 rings (SSSR count). The quantitative estimate of drug-likeness (QED) is 0.720. The average Bonchev–Trinajstić information content (AvgIpc) is 3.20. The lowest BCUT2D eigenvalue weighted by Gasteiger charge is -2.37. The van der Waals surface area contributed by atoms with Gasteiger partial charge in [0, 0.05) is 5.56 Å². The second-order valence-electron chi connectivity index (χ2n) is 8.02. The molecule has 6 nitrogen and oxygen atoms in total. The highest BCUT2D eigenvalue weighted by Gasteiger charge is 2.35. The van der Waals surface area contributed by atoms with Gasteiger partial charge in [-0.25, -0.2) is 9.07 Å². The molecular formula is C22H28FN6+. The predicted octanol–water partition coefficient (Wildman–Crippen LogP) is 2.20. The van der Waals surface area contributed by atoms with E-state index >= 15 is 0 Å². The Morgan fingerprint density at radius 1 is 1.00 bits per heavy atom. The fourth-order valence-corrected chi connectivity index (χ4v) is 4.12. The summed E-state index contributed by atoms with van der Waals surface area (Å²) in [5.74, 6) is 0.730. The van der Waals surface area contributed by atoms with Crippen LogP contribution in [0.3, 0.4) is 0 Å². The van der Waals surface area contributed by atoms with Gasteiger partial charge in [0.15, 0.2) is 6.04 Å². The van der Waals surface area contributed by atoms with E-state index in [0.717, 1.165) is 32.0 Å². The molecule has 3 aromatic rings. The Labute approximate surface area is 170 Å². The lowest BCUT2D eigenvalue weighted by atomic mass is 10.0. The highest BCUT2D eigenvalue weighted by Crippen LogP contribution is 2.22. The molecule has 0 amide bonds. The van der Waals surface area contributed by atoms with E-state index in [1.807, 2.05) is 16.8 Å². The Balaban J connectivity index is 1.62. The standard InChI is InChI=1S/C22H27FN6/c1-16(2)29-22(24-25-26-29)21(18-10-8-17(3)9-11-18)28-14-12-27(13-15-28)20-7-5-4-6-19(20)23/h4-11,16,21H,12-15H2,1-3H3/p+1/t21-/m1/s1. The van der Waals surface area contributed by atoms with Crippen molar-refractivity contribution in [2.75, 3.05) is 31.1 Å². The maximum absolute atomic E-state index is 14.2. The number of halogens is 1. The normalized spacial score (nSPS) is 16.4. The zero-order valence-electron chi connectivity index (χ0n) is 17.2. The predicted molar refractivity (Wildman–Crippen MR) is 111 cm³/mol. The van der Waals surface area contributed by atoms with E-state index in [1.165, 1.54) is 22.1 Å². The molecule has 1 aliphatic heterocycles. The highest BCUT2D eigenvalue weighted by molar-refractivity contribution is 5.47. The van der Waals surface area contributed by atoms with Gasteiger partial charge in [-0.1, -0.05) is 42.0 Å². The summed E-state index contributed by atoms with van der Waals surface area (Å²) in [6.07, 6.45) is 0. The van der Waals surface area contributed by atoms with Crippen LogP contribution in [0.1, 0.15) is 42.9 Å². The molecule has 0 spiro atoms. The van der Waals surface area contributed by atoms with Crippen molar-refractivity contribution >= 4 is 5.69 Å². The van der Waals surface area contributed by atoms with Crippen LogP contribution in [-0.4, -0.2) is 46.4 Å². The second kappa shape index (κ2) is 8.29. The van der Waals surface area contributed by atoms with E-state index in [1.54, 1.807) is 6.07 Å². The summed E-state index contributed by atoms with van der Waals surface area (Å²) in [7, 11) is 0.